The number of nitrogens with zero attached hydrogens (tertiary/aromatic N) is 4. The minimum atomic E-state index is -0.182. The first-order valence-electron chi connectivity index (χ1n) is 8.64. The maximum atomic E-state index is 12.8. The molecule has 4 heterocycles. The second-order valence-electron chi connectivity index (χ2n) is 6.41. The highest BCUT2D eigenvalue weighted by Crippen LogP contribution is 2.37. The Kier molecular flexibility index (Phi) is 4.53. The Bertz CT molecular complexity index is 989. The smallest absolute Gasteiger partial charge is 0.276 e. The van der Waals surface area contributed by atoms with Gasteiger partial charge in [0.2, 0.25) is 0 Å². The highest BCUT2D eigenvalue weighted by Gasteiger charge is 2.33. The van der Waals surface area contributed by atoms with Crippen LogP contribution in [0.25, 0.3) is 0 Å². The van der Waals surface area contributed by atoms with Crippen molar-refractivity contribution in [2.45, 2.75) is 25.8 Å². The van der Waals surface area contributed by atoms with Gasteiger partial charge in [0.1, 0.15) is 11.6 Å². The lowest BCUT2D eigenvalue weighted by molar-refractivity contribution is 0.0730. The molecule has 1 aliphatic heterocycles. The van der Waals surface area contributed by atoms with E-state index in [4.69, 9.17) is 4.42 Å². The van der Waals surface area contributed by atoms with E-state index < -0.39 is 0 Å². The molecule has 0 aromatic carbocycles. The molecule has 1 N–H and O–H groups in total. The zero-order chi connectivity index (χ0) is 19.0. The van der Waals surface area contributed by atoms with Crippen LogP contribution >= 0.6 is 11.3 Å². The summed E-state index contributed by atoms with van der Waals surface area (Å²) < 4.78 is 6.77. The molecule has 4 rings (SSSR count). The average molecular weight is 385 g/mol. The Morgan fingerprint density at radius 3 is 2.89 bits per heavy atom. The minimum Gasteiger partial charge on any atom is -0.448 e. The van der Waals surface area contributed by atoms with Gasteiger partial charge >= 0.3 is 0 Å². The predicted molar refractivity (Wildman–Crippen MR) is 99.7 cm³/mol. The van der Waals surface area contributed by atoms with E-state index in [9.17, 15) is 9.59 Å². The van der Waals surface area contributed by atoms with E-state index in [-0.39, 0.29) is 17.9 Å². The standard InChI is InChI=1S/C18H19N5O3S/c1-11-16(19-10-26-11)18(25)23-9-3-4-12(23)13-5-6-14(27-13)17(24)21-15-7-8-20-22(15)2/h5-8,10,12H,3-4,9H2,1-2H3,(H,21,24). The zero-order valence-corrected chi connectivity index (χ0v) is 15.8. The molecule has 1 aliphatic rings. The van der Waals surface area contributed by atoms with Crippen molar-refractivity contribution in [1.29, 1.82) is 0 Å². The van der Waals surface area contributed by atoms with Crippen LogP contribution in [0.4, 0.5) is 5.82 Å². The molecule has 0 spiro atoms. The molecule has 1 saturated heterocycles. The number of rotatable bonds is 4. The quantitative estimate of drug-likeness (QED) is 0.745. The minimum absolute atomic E-state index is 0.0446. The van der Waals surface area contributed by atoms with Gasteiger partial charge in [0, 0.05) is 24.5 Å². The van der Waals surface area contributed by atoms with Gasteiger partial charge in [-0.1, -0.05) is 0 Å². The highest BCUT2D eigenvalue weighted by atomic mass is 32.1. The molecule has 0 bridgehead atoms. The van der Waals surface area contributed by atoms with Gasteiger partial charge < -0.3 is 14.6 Å². The van der Waals surface area contributed by atoms with Crippen LogP contribution in [-0.2, 0) is 7.05 Å². The molecule has 2 amide bonds. The Morgan fingerprint density at radius 2 is 2.19 bits per heavy atom. The molecule has 1 atom stereocenters. The number of carbonyl (C=O) groups is 2. The molecule has 27 heavy (non-hydrogen) atoms. The highest BCUT2D eigenvalue weighted by molar-refractivity contribution is 7.14. The van der Waals surface area contributed by atoms with Gasteiger partial charge in [0.15, 0.2) is 12.1 Å². The molecular formula is C18H19N5O3S. The summed E-state index contributed by atoms with van der Waals surface area (Å²) in [6.45, 7) is 2.40. The number of amides is 2. The number of carbonyl (C=O) groups excluding carboxylic acids is 2. The molecule has 0 aliphatic carbocycles. The van der Waals surface area contributed by atoms with E-state index in [1.165, 1.54) is 17.7 Å². The monoisotopic (exact) mass is 385 g/mol. The fraction of sp³-hybridized carbons (Fsp3) is 0.333. The van der Waals surface area contributed by atoms with Crippen LogP contribution in [0.15, 0.2) is 35.2 Å². The van der Waals surface area contributed by atoms with E-state index in [0.29, 0.717) is 28.7 Å². The van der Waals surface area contributed by atoms with Crippen molar-refractivity contribution in [3.8, 4) is 0 Å². The van der Waals surface area contributed by atoms with Gasteiger partial charge in [0.05, 0.1) is 17.1 Å². The Balaban J connectivity index is 1.52. The van der Waals surface area contributed by atoms with E-state index in [0.717, 1.165) is 17.7 Å². The van der Waals surface area contributed by atoms with Crippen molar-refractivity contribution >= 4 is 29.0 Å². The number of aromatic nitrogens is 3. The predicted octanol–water partition coefficient (Wildman–Crippen LogP) is 3.01. The van der Waals surface area contributed by atoms with Crippen LogP contribution in [0, 0.1) is 6.92 Å². The molecule has 8 nitrogen and oxygen atoms in total. The van der Waals surface area contributed by atoms with Crippen LogP contribution in [-0.4, -0.2) is 38.0 Å². The number of nitrogens with one attached hydrogen (secondary N) is 1. The lowest BCUT2D eigenvalue weighted by atomic mass is 10.1. The molecular weight excluding hydrogens is 366 g/mol. The number of anilines is 1. The summed E-state index contributed by atoms with van der Waals surface area (Å²) >= 11 is 1.41. The molecule has 1 unspecified atom stereocenters. The van der Waals surface area contributed by atoms with E-state index >= 15 is 0 Å². The maximum absolute atomic E-state index is 12.8. The third-order valence-electron chi connectivity index (χ3n) is 4.70. The van der Waals surface area contributed by atoms with Gasteiger partial charge in [-0.2, -0.15) is 5.10 Å². The topological polar surface area (TPSA) is 93.3 Å². The van der Waals surface area contributed by atoms with Gasteiger partial charge in [-0.05, 0) is 31.9 Å². The number of thiophene rings is 1. The summed E-state index contributed by atoms with van der Waals surface area (Å²) in [6, 6.07) is 5.42. The number of oxazole rings is 1. The third-order valence-corrected chi connectivity index (χ3v) is 5.89. The summed E-state index contributed by atoms with van der Waals surface area (Å²) in [7, 11) is 1.77. The number of aryl methyl sites for hydroxylation is 2. The summed E-state index contributed by atoms with van der Waals surface area (Å²) in [5.74, 6) is 0.846. The zero-order valence-electron chi connectivity index (χ0n) is 15.0. The van der Waals surface area contributed by atoms with Crippen molar-refractivity contribution in [2.75, 3.05) is 11.9 Å². The van der Waals surface area contributed by atoms with Gasteiger partial charge in [-0.3, -0.25) is 14.3 Å². The normalized spacial score (nSPS) is 16.7. The Labute approximate surface area is 159 Å². The van der Waals surface area contributed by atoms with E-state index in [1.54, 1.807) is 37.0 Å². The van der Waals surface area contributed by atoms with Crippen molar-refractivity contribution in [2.24, 2.45) is 7.05 Å². The molecule has 140 valence electrons. The fourth-order valence-electron chi connectivity index (χ4n) is 3.28. The van der Waals surface area contributed by atoms with Crippen molar-refractivity contribution in [1.82, 2.24) is 19.7 Å². The Hall–Kier alpha value is -2.94. The van der Waals surface area contributed by atoms with Gasteiger partial charge in [-0.25, -0.2) is 4.98 Å². The molecule has 9 heteroatoms. The van der Waals surface area contributed by atoms with Crippen LogP contribution in [0.1, 0.15) is 49.7 Å². The van der Waals surface area contributed by atoms with Crippen LogP contribution < -0.4 is 5.32 Å². The van der Waals surface area contributed by atoms with Crippen LogP contribution in [0.2, 0.25) is 0 Å². The fourth-order valence-corrected chi connectivity index (χ4v) is 4.33. The first-order valence-corrected chi connectivity index (χ1v) is 9.46. The average Bonchev–Trinajstić information content (AvgIpc) is 3.41. The summed E-state index contributed by atoms with van der Waals surface area (Å²) in [6.07, 6.45) is 4.71. The van der Waals surface area contributed by atoms with Crippen molar-refractivity contribution < 1.29 is 14.0 Å². The summed E-state index contributed by atoms with van der Waals surface area (Å²) in [5, 5.41) is 6.88. The second kappa shape index (κ2) is 6.99. The van der Waals surface area contributed by atoms with E-state index in [2.05, 4.69) is 15.4 Å². The molecule has 0 radical (unpaired) electrons. The Morgan fingerprint density at radius 1 is 1.33 bits per heavy atom. The first-order chi connectivity index (χ1) is 13.0. The lowest BCUT2D eigenvalue weighted by Crippen LogP contribution is -2.30. The van der Waals surface area contributed by atoms with E-state index in [1.807, 2.05) is 11.0 Å². The number of hydrogen-bond donors (Lipinski definition) is 1. The molecule has 1 fully saturated rings. The number of hydrogen-bond acceptors (Lipinski definition) is 6. The van der Waals surface area contributed by atoms with Gasteiger partial charge in [-0.15, -0.1) is 11.3 Å². The third kappa shape index (κ3) is 3.25. The molecule has 0 saturated carbocycles. The molecule has 3 aromatic heterocycles. The van der Waals surface area contributed by atoms with Crippen LogP contribution in [0.5, 0.6) is 0 Å². The van der Waals surface area contributed by atoms with Gasteiger partial charge in [0.25, 0.3) is 11.8 Å². The molecule has 3 aromatic rings. The number of likely N-dealkylation sites (tertiary alicyclic amines) is 1. The van der Waals surface area contributed by atoms with Crippen LogP contribution in [0.3, 0.4) is 0 Å². The van der Waals surface area contributed by atoms with Crippen molar-refractivity contribution in [3.63, 3.8) is 0 Å². The largest absolute Gasteiger partial charge is 0.448 e. The maximum Gasteiger partial charge on any atom is 0.276 e. The first kappa shape index (κ1) is 17.5. The summed E-state index contributed by atoms with van der Waals surface area (Å²) in [5.41, 5.74) is 0.354. The summed E-state index contributed by atoms with van der Waals surface area (Å²) in [4.78, 5) is 32.8. The second-order valence-corrected chi connectivity index (χ2v) is 7.53. The SMILES string of the molecule is Cc1ocnc1C(=O)N1CCCC1c1ccc(C(=O)Nc2ccnn2C)s1. The van der Waals surface area contributed by atoms with Crippen molar-refractivity contribution in [3.05, 3.63) is 52.0 Å². The lowest BCUT2D eigenvalue weighted by Gasteiger charge is -2.23.